The minimum Gasteiger partial charge on any atom is -0.331 e. The van der Waals surface area contributed by atoms with Gasteiger partial charge < -0.3 is 10.2 Å². The first-order valence-corrected chi connectivity index (χ1v) is 8.32. The monoisotopic (exact) mass is 378 g/mol. The van der Waals surface area contributed by atoms with Gasteiger partial charge in [-0.15, -0.1) is 12.4 Å². The number of halogens is 1. The van der Waals surface area contributed by atoms with Gasteiger partial charge in [0, 0.05) is 30.3 Å². The van der Waals surface area contributed by atoms with Crippen LogP contribution in [-0.2, 0) is 0 Å². The molecule has 0 spiro atoms. The molecule has 4 rings (SSSR count). The van der Waals surface area contributed by atoms with Crippen LogP contribution in [0.15, 0.2) is 30.9 Å². The highest BCUT2D eigenvalue weighted by atomic mass is 35.5. The zero-order valence-electron chi connectivity index (χ0n) is 13.9. The Morgan fingerprint density at radius 1 is 1.27 bits per heavy atom. The van der Waals surface area contributed by atoms with Crippen LogP contribution in [0, 0.1) is 10.1 Å². The molecule has 2 fully saturated rings. The zero-order chi connectivity index (χ0) is 17.4. The molecule has 0 radical (unpaired) electrons. The fourth-order valence-corrected chi connectivity index (χ4v) is 3.79. The van der Waals surface area contributed by atoms with Gasteiger partial charge in [0.1, 0.15) is 18.3 Å². The van der Waals surface area contributed by atoms with E-state index in [-0.39, 0.29) is 36.1 Å². The quantitative estimate of drug-likeness (QED) is 0.641. The Balaban J connectivity index is 0.00000196. The van der Waals surface area contributed by atoms with Crippen molar-refractivity contribution in [1.29, 1.82) is 0 Å². The largest absolute Gasteiger partial charge is 0.331 e. The summed E-state index contributed by atoms with van der Waals surface area (Å²) in [5.74, 6) is -0.135. The van der Waals surface area contributed by atoms with Crippen molar-refractivity contribution in [3.8, 4) is 5.69 Å². The summed E-state index contributed by atoms with van der Waals surface area (Å²) >= 11 is 0. The Morgan fingerprint density at radius 2 is 2.08 bits per heavy atom. The average Bonchev–Trinajstić information content (AvgIpc) is 3.21. The van der Waals surface area contributed by atoms with Gasteiger partial charge in [0.25, 0.3) is 11.6 Å². The van der Waals surface area contributed by atoms with Gasteiger partial charge in [-0.2, -0.15) is 5.10 Å². The second-order valence-corrected chi connectivity index (χ2v) is 6.39. The summed E-state index contributed by atoms with van der Waals surface area (Å²) in [7, 11) is 0. The first-order chi connectivity index (χ1) is 12.1. The van der Waals surface area contributed by atoms with E-state index in [2.05, 4.69) is 15.4 Å². The lowest BCUT2D eigenvalue weighted by atomic mass is 10.1. The summed E-state index contributed by atoms with van der Waals surface area (Å²) in [5, 5.41) is 18.8. The Hall–Kier alpha value is -2.52. The molecule has 138 valence electrons. The maximum atomic E-state index is 13.0. The molecule has 2 bridgehead atoms. The summed E-state index contributed by atoms with van der Waals surface area (Å²) in [4.78, 5) is 29.7. The van der Waals surface area contributed by atoms with Crippen molar-refractivity contribution in [2.75, 3.05) is 13.1 Å². The molecular weight excluding hydrogens is 360 g/mol. The van der Waals surface area contributed by atoms with Crippen molar-refractivity contribution >= 4 is 24.0 Å². The van der Waals surface area contributed by atoms with Crippen LogP contribution in [0.25, 0.3) is 5.69 Å². The van der Waals surface area contributed by atoms with Gasteiger partial charge in [0.15, 0.2) is 0 Å². The number of hydrogen-bond donors (Lipinski definition) is 1. The van der Waals surface area contributed by atoms with Crippen LogP contribution >= 0.6 is 12.4 Å². The molecular formula is C16H19ClN6O3. The van der Waals surface area contributed by atoms with Crippen molar-refractivity contribution in [3.05, 3.63) is 46.5 Å². The van der Waals surface area contributed by atoms with Crippen LogP contribution in [0.5, 0.6) is 0 Å². The van der Waals surface area contributed by atoms with Gasteiger partial charge in [0.05, 0.1) is 4.92 Å². The highest BCUT2D eigenvalue weighted by Gasteiger charge is 2.38. The summed E-state index contributed by atoms with van der Waals surface area (Å²) in [6.45, 7) is 1.68. The van der Waals surface area contributed by atoms with Gasteiger partial charge in [0.2, 0.25) is 0 Å². The number of aromatic nitrogens is 3. The number of nitrogens with one attached hydrogen (secondary N) is 1. The van der Waals surface area contributed by atoms with E-state index in [9.17, 15) is 14.9 Å². The third-order valence-electron chi connectivity index (χ3n) is 4.97. The van der Waals surface area contributed by atoms with Crippen molar-refractivity contribution in [3.63, 3.8) is 0 Å². The number of nitro groups is 1. The predicted molar refractivity (Wildman–Crippen MR) is 95.7 cm³/mol. The highest BCUT2D eigenvalue weighted by Crippen LogP contribution is 2.31. The molecule has 2 atom stereocenters. The number of nitrogens with zero attached hydrogens (tertiary/aromatic N) is 5. The molecule has 2 aliphatic heterocycles. The Kier molecular flexibility index (Phi) is 5.19. The molecule has 2 saturated heterocycles. The second kappa shape index (κ2) is 7.38. The third kappa shape index (κ3) is 3.15. The average molecular weight is 379 g/mol. The van der Waals surface area contributed by atoms with Crippen LogP contribution in [-0.4, -0.2) is 55.7 Å². The second-order valence-electron chi connectivity index (χ2n) is 6.39. The van der Waals surface area contributed by atoms with Gasteiger partial charge in [-0.25, -0.2) is 9.67 Å². The van der Waals surface area contributed by atoms with Crippen LogP contribution in [0.1, 0.15) is 29.6 Å². The van der Waals surface area contributed by atoms with Gasteiger partial charge in [-0.1, -0.05) is 0 Å². The van der Waals surface area contributed by atoms with Crippen LogP contribution in [0.2, 0.25) is 0 Å². The number of hydrogen-bond acceptors (Lipinski definition) is 6. The lowest BCUT2D eigenvalue weighted by molar-refractivity contribution is -0.384. The molecule has 2 aromatic rings. The molecule has 1 N–H and O–H groups in total. The molecule has 2 unspecified atom stereocenters. The number of nitro benzene ring substituents is 1. The lowest BCUT2D eigenvalue weighted by Gasteiger charge is -2.28. The number of benzene rings is 1. The van der Waals surface area contributed by atoms with E-state index in [1.165, 1.54) is 23.4 Å². The molecule has 1 aromatic heterocycles. The van der Waals surface area contributed by atoms with Crippen LogP contribution < -0.4 is 5.32 Å². The molecule has 26 heavy (non-hydrogen) atoms. The van der Waals surface area contributed by atoms with Gasteiger partial charge in [-0.05, 0) is 37.9 Å². The summed E-state index contributed by atoms with van der Waals surface area (Å²) in [6, 6.07) is 4.90. The van der Waals surface area contributed by atoms with Crippen molar-refractivity contribution in [2.45, 2.75) is 31.3 Å². The number of rotatable bonds is 3. The Labute approximate surface area is 156 Å². The zero-order valence-corrected chi connectivity index (χ0v) is 14.8. The third-order valence-corrected chi connectivity index (χ3v) is 4.97. The molecule has 9 nitrogen and oxygen atoms in total. The first-order valence-electron chi connectivity index (χ1n) is 8.32. The fourth-order valence-electron chi connectivity index (χ4n) is 3.79. The maximum absolute atomic E-state index is 13.0. The highest BCUT2D eigenvalue weighted by molar-refractivity contribution is 5.96. The van der Waals surface area contributed by atoms with E-state index in [1.54, 1.807) is 12.1 Å². The predicted octanol–water partition coefficient (Wildman–Crippen LogP) is 1.56. The molecule has 0 aliphatic carbocycles. The fraction of sp³-hybridized carbons (Fsp3) is 0.438. The van der Waals surface area contributed by atoms with E-state index in [0.29, 0.717) is 11.3 Å². The summed E-state index contributed by atoms with van der Waals surface area (Å²) < 4.78 is 1.33. The molecule has 10 heteroatoms. The van der Waals surface area contributed by atoms with E-state index < -0.39 is 4.92 Å². The maximum Gasteiger partial charge on any atom is 0.295 e. The minimum absolute atomic E-state index is 0. The minimum atomic E-state index is -0.494. The van der Waals surface area contributed by atoms with Crippen LogP contribution in [0.3, 0.4) is 0 Å². The molecule has 3 heterocycles. The standard InChI is InChI=1S/C16H18N6O3.ClH/c23-16(21-12-2-3-13(21)8-17-6-5-12)11-1-4-14(15(7-11)22(24)25)20-10-18-9-19-20;/h1,4,7,9-10,12-13,17H,2-3,5-6,8H2;1H. The molecule has 1 aromatic carbocycles. The summed E-state index contributed by atoms with van der Waals surface area (Å²) in [5.41, 5.74) is 0.477. The van der Waals surface area contributed by atoms with Crippen molar-refractivity contribution in [1.82, 2.24) is 25.0 Å². The number of carbonyl (C=O) groups excluding carboxylic acids is 1. The van der Waals surface area contributed by atoms with Gasteiger partial charge in [-0.3, -0.25) is 14.9 Å². The van der Waals surface area contributed by atoms with E-state index in [1.807, 2.05) is 4.90 Å². The topological polar surface area (TPSA) is 106 Å². The SMILES string of the molecule is Cl.O=C(c1ccc(-n2cncn2)c([N+](=O)[O-])c1)N1C2CCNCC1CC2. The number of amides is 1. The Morgan fingerprint density at radius 3 is 2.81 bits per heavy atom. The first kappa shape index (κ1) is 18.3. The van der Waals surface area contributed by atoms with Crippen molar-refractivity contribution in [2.24, 2.45) is 0 Å². The number of fused-ring (bicyclic) bond motifs is 2. The van der Waals surface area contributed by atoms with E-state index in [4.69, 9.17) is 0 Å². The van der Waals surface area contributed by atoms with E-state index >= 15 is 0 Å². The van der Waals surface area contributed by atoms with E-state index in [0.717, 1.165) is 32.4 Å². The lowest BCUT2D eigenvalue weighted by Crippen LogP contribution is -2.42. The summed E-state index contributed by atoms with van der Waals surface area (Å²) in [6.07, 6.45) is 5.59. The molecule has 2 aliphatic rings. The van der Waals surface area contributed by atoms with Gasteiger partial charge >= 0.3 is 0 Å². The number of carbonyl (C=O) groups is 1. The molecule has 1 amide bonds. The Bertz CT molecular complexity index is 798. The van der Waals surface area contributed by atoms with Crippen molar-refractivity contribution < 1.29 is 9.72 Å². The van der Waals surface area contributed by atoms with Crippen LogP contribution in [0.4, 0.5) is 5.69 Å². The molecule has 0 saturated carbocycles. The normalized spacial score (nSPS) is 21.8. The smallest absolute Gasteiger partial charge is 0.295 e.